The Morgan fingerprint density at radius 3 is 2.48 bits per heavy atom. The summed E-state index contributed by atoms with van der Waals surface area (Å²) < 4.78 is 10.4. The number of hydrazine groups is 1. The van der Waals surface area contributed by atoms with Gasteiger partial charge in [0, 0.05) is 12.7 Å². The van der Waals surface area contributed by atoms with Crippen molar-refractivity contribution in [2.24, 2.45) is 5.84 Å². The normalized spacial score (nSPS) is 10.1. The molecule has 0 atom stereocenters. The fourth-order valence-corrected chi connectivity index (χ4v) is 1.68. The number of nitrogens with one attached hydrogen (secondary N) is 1. The largest absolute Gasteiger partial charge is 0.497 e. The SMILES string of the molecule is CCOc1nc(NN)nc(N(C)c2ccc(OC)cc2)n1. The lowest BCUT2D eigenvalue weighted by molar-refractivity contribution is 0.312. The minimum Gasteiger partial charge on any atom is -0.497 e. The van der Waals surface area contributed by atoms with E-state index in [1.165, 1.54) is 0 Å². The Kier molecular flexibility index (Phi) is 4.72. The highest BCUT2D eigenvalue weighted by atomic mass is 16.5. The van der Waals surface area contributed by atoms with Gasteiger partial charge < -0.3 is 14.4 Å². The second-order valence-corrected chi connectivity index (χ2v) is 4.08. The van der Waals surface area contributed by atoms with E-state index in [0.717, 1.165) is 11.4 Å². The van der Waals surface area contributed by atoms with Crippen molar-refractivity contribution in [2.45, 2.75) is 6.92 Å². The van der Waals surface area contributed by atoms with E-state index >= 15 is 0 Å². The fraction of sp³-hybridized carbons (Fsp3) is 0.308. The molecule has 2 rings (SSSR count). The number of aromatic nitrogens is 3. The number of ether oxygens (including phenoxy) is 2. The van der Waals surface area contributed by atoms with Gasteiger partial charge in [0.1, 0.15) is 5.75 Å². The summed E-state index contributed by atoms with van der Waals surface area (Å²) in [6, 6.07) is 7.74. The van der Waals surface area contributed by atoms with Gasteiger partial charge in [0.25, 0.3) is 0 Å². The van der Waals surface area contributed by atoms with Crippen molar-refractivity contribution >= 4 is 17.6 Å². The van der Waals surface area contributed by atoms with Crippen LogP contribution in [0.15, 0.2) is 24.3 Å². The van der Waals surface area contributed by atoms with Crippen LogP contribution in [-0.4, -0.2) is 35.7 Å². The standard InChI is InChI=1S/C13H18N6O2/c1-4-21-13-16-11(18-14)15-12(17-13)19(2)9-5-7-10(20-3)8-6-9/h5-8H,4,14H2,1-3H3,(H,15,16,17,18). The number of nitrogens with two attached hydrogens (primary N) is 1. The minimum absolute atomic E-state index is 0.218. The third-order valence-corrected chi connectivity index (χ3v) is 2.77. The maximum atomic E-state index is 5.37. The van der Waals surface area contributed by atoms with Crippen LogP contribution < -0.4 is 25.6 Å². The van der Waals surface area contributed by atoms with E-state index in [4.69, 9.17) is 15.3 Å². The van der Waals surface area contributed by atoms with E-state index in [0.29, 0.717) is 12.6 Å². The van der Waals surface area contributed by atoms with Gasteiger partial charge in [-0.05, 0) is 31.2 Å². The molecule has 1 heterocycles. The van der Waals surface area contributed by atoms with Crippen LogP contribution in [0.1, 0.15) is 6.92 Å². The van der Waals surface area contributed by atoms with Crippen LogP contribution in [0.2, 0.25) is 0 Å². The van der Waals surface area contributed by atoms with Crippen molar-refractivity contribution in [2.75, 3.05) is 31.1 Å². The summed E-state index contributed by atoms with van der Waals surface area (Å²) in [5.74, 6) is 6.81. The highest BCUT2D eigenvalue weighted by molar-refractivity contribution is 5.58. The monoisotopic (exact) mass is 290 g/mol. The molecule has 112 valence electrons. The topological polar surface area (TPSA) is 98.4 Å². The van der Waals surface area contributed by atoms with Gasteiger partial charge in [-0.25, -0.2) is 5.84 Å². The molecule has 3 N–H and O–H groups in total. The Balaban J connectivity index is 2.31. The molecule has 0 saturated carbocycles. The molecule has 0 amide bonds. The summed E-state index contributed by atoms with van der Waals surface area (Å²) in [4.78, 5) is 14.3. The molecule has 0 aliphatic carbocycles. The summed E-state index contributed by atoms with van der Waals surface area (Å²) in [6.45, 7) is 2.31. The van der Waals surface area contributed by atoms with Crippen LogP contribution in [0, 0.1) is 0 Å². The molecular weight excluding hydrogens is 272 g/mol. The summed E-state index contributed by atoms with van der Waals surface area (Å²) in [5.41, 5.74) is 3.30. The van der Waals surface area contributed by atoms with Crippen molar-refractivity contribution in [3.8, 4) is 11.8 Å². The van der Waals surface area contributed by atoms with Crippen molar-refractivity contribution in [3.63, 3.8) is 0 Å². The molecule has 0 saturated heterocycles. The number of rotatable bonds is 6. The quantitative estimate of drug-likeness (QED) is 0.607. The zero-order valence-electron chi connectivity index (χ0n) is 12.2. The maximum absolute atomic E-state index is 5.37. The smallest absolute Gasteiger partial charge is 0.323 e. The fourth-order valence-electron chi connectivity index (χ4n) is 1.68. The lowest BCUT2D eigenvalue weighted by Gasteiger charge is -2.18. The minimum atomic E-state index is 0.218. The Hall–Kier alpha value is -2.61. The first kappa shape index (κ1) is 14.8. The molecule has 1 aromatic heterocycles. The molecule has 0 bridgehead atoms. The second kappa shape index (κ2) is 6.71. The molecule has 0 radical (unpaired) electrons. The molecule has 0 spiro atoms. The van der Waals surface area contributed by atoms with Crippen LogP contribution in [0.4, 0.5) is 17.6 Å². The maximum Gasteiger partial charge on any atom is 0.323 e. The molecule has 0 aliphatic rings. The summed E-state index contributed by atoms with van der Waals surface area (Å²) in [7, 11) is 3.46. The van der Waals surface area contributed by atoms with Crippen molar-refractivity contribution < 1.29 is 9.47 Å². The van der Waals surface area contributed by atoms with E-state index < -0.39 is 0 Å². The molecule has 0 unspecified atom stereocenters. The highest BCUT2D eigenvalue weighted by Crippen LogP contribution is 2.24. The zero-order chi connectivity index (χ0) is 15.2. The molecule has 0 fully saturated rings. The van der Waals surface area contributed by atoms with Gasteiger partial charge in [-0.1, -0.05) is 0 Å². The van der Waals surface area contributed by atoms with Crippen LogP contribution in [0.5, 0.6) is 11.8 Å². The Morgan fingerprint density at radius 1 is 1.19 bits per heavy atom. The van der Waals surface area contributed by atoms with Crippen LogP contribution >= 0.6 is 0 Å². The van der Waals surface area contributed by atoms with E-state index in [1.54, 1.807) is 12.0 Å². The Bertz CT molecular complexity index is 590. The molecule has 0 aliphatic heterocycles. The van der Waals surface area contributed by atoms with Gasteiger partial charge >= 0.3 is 6.01 Å². The molecule has 1 aromatic carbocycles. The number of benzene rings is 1. The van der Waals surface area contributed by atoms with E-state index in [9.17, 15) is 0 Å². The second-order valence-electron chi connectivity index (χ2n) is 4.08. The number of hydrogen-bond acceptors (Lipinski definition) is 8. The van der Waals surface area contributed by atoms with Crippen LogP contribution in [-0.2, 0) is 0 Å². The predicted molar refractivity (Wildman–Crippen MR) is 79.9 cm³/mol. The molecular formula is C13H18N6O2. The molecule has 8 nitrogen and oxygen atoms in total. The third kappa shape index (κ3) is 3.48. The number of nitrogen functional groups attached to an aromatic ring is 1. The molecule has 21 heavy (non-hydrogen) atoms. The van der Waals surface area contributed by atoms with Crippen molar-refractivity contribution in [1.82, 2.24) is 15.0 Å². The third-order valence-electron chi connectivity index (χ3n) is 2.77. The van der Waals surface area contributed by atoms with Crippen molar-refractivity contribution in [3.05, 3.63) is 24.3 Å². The first-order valence-electron chi connectivity index (χ1n) is 6.41. The van der Waals surface area contributed by atoms with Gasteiger partial charge in [0.2, 0.25) is 11.9 Å². The lowest BCUT2D eigenvalue weighted by atomic mass is 10.3. The van der Waals surface area contributed by atoms with Gasteiger partial charge in [0.05, 0.1) is 13.7 Å². The van der Waals surface area contributed by atoms with E-state index in [2.05, 4.69) is 20.4 Å². The first-order valence-corrected chi connectivity index (χ1v) is 6.41. The van der Waals surface area contributed by atoms with Crippen molar-refractivity contribution in [1.29, 1.82) is 0 Å². The van der Waals surface area contributed by atoms with Gasteiger partial charge in [-0.15, -0.1) is 0 Å². The number of methoxy groups -OCH3 is 1. The molecule has 2 aromatic rings. The first-order chi connectivity index (χ1) is 10.2. The number of hydrogen-bond donors (Lipinski definition) is 2. The number of anilines is 3. The average molecular weight is 290 g/mol. The number of nitrogens with zero attached hydrogens (tertiary/aromatic N) is 4. The average Bonchev–Trinajstić information content (AvgIpc) is 2.54. The van der Waals surface area contributed by atoms with Crippen LogP contribution in [0.3, 0.4) is 0 Å². The summed E-state index contributed by atoms with van der Waals surface area (Å²) in [5, 5.41) is 0. The summed E-state index contributed by atoms with van der Waals surface area (Å²) >= 11 is 0. The van der Waals surface area contributed by atoms with Crippen LogP contribution in [0.25, 0.3) is 0 Å². The summed E-state index contributed by atoms with van der Waals surface area (Å²) in [6.07, 6.45) is 0. The Morgan fingerprint density at radius 2 is 1.90 bits per heavy atom. The van der Waals surface area contributed by atoms with E-state index in [-0.39, 0.29) is 12.0 Å². The Labute approximate surface area is 122 Å². The predicted octanol–water partition coefficient (Wildman–Crippen LogP) is 1.33. The zero-order valence-corrected chi connectivity index (χ0v) is 12.2. The van der Waals surface area contributed by atoms with Gasteiger partial charge in [-0.3, -0.25) is 5.43 Å². The van der Waals surface area contributed by atoms with Gasteiger partial charge in [-0.2, -0.15) is 15.0 Å². The highest BCUT2D eigenvalue weighted by Gasteiger charge is 2.12. The van der Waals surface area contributed by atoms with E-state index in [1.807, 2.05) is 38.2 Å². The van der Waals surface area contributed by atoms with Gasteiger partial charge in [0.15, 0.2) is 0 Å². The molecule has 8 heteroatoms. The lowest BCUT2D eigenvalue weighted by Crippen LogP contribution is -2.18.